The molecule has 8 heteroatoms. The number of hydrogen-bond donors (Lipinski definition) is 4. The minimum absolute atomic E-state index is 0.0846. The molecule has 0 spiro atoms. The summed E-state index contributed by atoms with van der Waals surface area (Å²) in [5, 5.41) is 30.3. The standard InChI is InChI=1S/C9H12N2O5S/c10-8(15)3-2-17-9(11-3)7-6(14)5(13)4(12)1-16-7/h2,4-7,12-14H,1H2,(H2,10,15)/t4-,5-,6+,7+/m0/s1. The van der Waals surface area contributed by atoms with Gasteiger partial charge in [0.2, 0.25) is 0 Å². The molecular formula is C9H12N2O5S. The first-order valence-corrected chi connectivity index (χ1v) is 5.79. The predicted octanol–water partition coefficient (Wildman–Crippen LogP) is -1.60. The predicted molar refractivity (Wildman–Crippen MR) is 57.3 cm³/mol. The molecule has 94 valence electrons. The van der Waals surface area contributed by atoms with Crippen molar-refractivity contribution in [3.05, 3.63) is 16.1 Å². The molecule has 1 aromatic heterocycles. The molecule has 17 heavy (non-hydrogen) atoms. The molecule has 2 rings (SSSR count). The Kier molecular flexibility index (Phi) is 3.40. The highest BCUT2D eigenvalue weighted by molar-refractivity contribution is 7.09. The van der Waals surface area contributed by atoms with Crippen LogP contribution in [0.3, 0.4) is 0 Å². The van der Waals surface area contributed by atoms with Crippen LogP contribution < -0.4 is 5.73 Å². The number of thiazole rings is 1. The second-order valence-corrected chi connectivity index (χ2v) is 4.63. The minimum Gasteiger partial charge on any atom is -0.388 e. The van der Waals surface area contributed by atoms with Gasteiger partial charge in [0, 0.05) is 5.38 Å². The Labute approximate surface area is 100 Å². The van der Waals surface area contributed by atoms with E-state index < -0.39 is 30.3 Å². The number of primary amides is 1. The molecule has 1 amide bonds. The van der Waals surface area contributed by atoms with E-state index >= 15 is 0 Å². The SMILES string of the molecule is NC(=O)c1csc([C@@H]2OC[C@H](O)[C@H](O)[C@H]2O)n1. The zero-order valence-electron chi connectivity index (χ0n) is 8.68. The van der Waals surface area contributed by atoms with Crippen molar-refractivity contribution in [1.82, 2.24) is 4.98 Å². The number of aliphatic hydroxyl groups is 3. The Hall–Kier alpha value is -1.06. The Morgan fingerprint density at radius 2 is 2.18 bits per heavy atom. The van der Waals surface area contributed by atoms with Gasteiger partial charge in [-0.05, 0) is 0 Å². The van der Waals surface area contributed by atoms with Crippen LogP contribution in [0.15, 0.2) is 5.38 Å². The molecule has 1 fully saturated rings. The molecule has 2 heterocycles. The summed E-state index contributed by atoms with van der Waals surface area (Å²) < 4.78 is 5.19. The fourth-order valence-corrected chi connectivity index (χ4v) is 2.45. The lowest BCUT2D eigenvalue weighted by atomic mass is 10.0. The molecule has 0 aliphatic carbocycles. The third-order valence-electron chi connectivity index (χ3n) is 2.52. The van der Waals surface area contributed by atoms with Crippen molar-refractivity contribution in [2.75, 3.05) is 6.61 Å². The van der Waals surface area contributed by atoms with Crippen LogP contribution in [-0.4, -0.2) is 51.1 Å². The normalized spacial score (nSPS) is 33.6. The van der Waals surface area contributed by atoms with Gasteiger partial charge in [-0.15, -0.1) is 11.3 Å². The Morgan fingerprint density at radius 1 is 1.47 bits per heavy atom. The Balaban J connectivity index is 2.19. The van der Waals surface area contributed by atoms with Crippen molar-refractivity contribution in [2.45, 2.75) is 24.4 Å². The van der Waals surface area contributed by atoms with E-state index in [2.05, 4.69) is 4.98 Å². The Bertz CT molecular complexity index is 423. The summed E-state index contributed by atoms with van der Waals surface area (Å²) in [6.45, 7) is -0.103. The quantitative estimate of drug-likeness (QED) is 0.507. The van der Waals surface area contributed by atoms with Crippen LogP contribution in [0.5, 0.6) is 0 Å². The largest absolute Gasteiger partial charge is 0.388 e. The number of amides is 1. The molecule has 0 unspecified atom stereocenters. The fraction of sp³-hybridized carbons (Fsp3) is 0.556. The number of carbonyl (C=O) groups is 1. The minimum atomic E-state index is -1.30. The molecule has 1 aliphatic rings. The first kappa shape index (κ1) is 12.4. The number of aromatic nitrogens is 1. The molecule has 7 nitrogen and oxygen atoms in total. The van der Waals surface area contributed by atoms with Crippen molar-refractivity contribution in [2.24, 2.45) is 5.73 Å². The zero-order valence-corrected chi connectivity index (χ0v) is 9.50. The maximum Gasteiger partial charge on any atom is 0.268 e. The van der Waals surface area contributed by atoms with E-state index in [1.807, 2.05) is 0 Å². The van der Waals surface area contributed by atoms with E-state index in [-0.39, 0.29) is 12.3 Å². The molecule has 0 radical (unpaired) electrons. The molecule has 1 aliphatic heterocycles. The van der Waals surface area contributed by atoms with Gasteiger partial charge in [0.25, 0.3) is 5.91 Å². The number of hydrogen-bond acceptors (Lipinski definition) is 7. The van der Waals surface area contributed by atoms with Crippen molar-refractivity contribution in [3.8, 4) is 0 Å². The van der Waals surface area contributed by atoms with Crippen LogP contribution in [0.2, 0.25) is 0 Å². The van der Waals surface area contributed by atoms with E-state index in [0.29, 0.717) is 5.01 Å². The molecule has 0 aromatic carbocycles. The van der Waals surface area contributed by atoms with Gasteiger partial charge < -0.3 is 25.8 Å². The molecular weight excluding hydrogens is 248 g/mol. The topological polar surface area (TPSA) is 126 Å². The summed E-state index contributed by atoms with van der Waals surface area (Å²) in [6, 6.07) is 0. The van der Waals surface area contributed by atoms with Gasteiger partial charge in [-0.2, -0.15) is 0 Å². The number of nitrogens with two attached hydrogens (primary N) is 1. The highest BCUT2D eigenvalue weighted by Gasteiger charge is 2.39. The average molecular weight is 260 g/mol. The maximum absolute atomic E-state index is 10.9. The third-order valence-corrected chi connectivity index (χ3v) is 3.42. The number of carbonyl (C=O) groups excluding carboxylic acids is 1. The number of ether oxygens (including phenoxy) is 1. The molecule has 1 saturated heterocycles. The lowest BCUT2D eigenvalue weighted by Crippen LogP contribution is -2.49. The monoisotopic (exact) mass is 260 g/mol. The van der Waals surface area contributed by atoms with Crippen molar-refractivity contribution >= 4 is 17.2 Å². The maximum atomic E-state index is 10.9. The smallest absolute Gasteiger partial charge is 0.268 e. The summed E-state index contributed by atoms with van der Waals surface area (Å²) in [5.74, 6) is -0.668. The molecule has 0 saturated carbocycles. The molecule has 1 aromatic rings. The summed E-state index contributed by atoms with van der Waals surface area (Å²) in [7, 11) is 0. The summed E-state index contributed by atoms with van der Waals surface area (Å²) in [5.41, 5.74) is 5.14. The van der Waals surface area contributed by atoms with Crippen LogP contribution in [0.1, 0.15) is 21.6 Å². The summed E-state index contributed by atoms with van der Waals surface area (Å²) >= 11 is 1.10. The average Bonchev–Trinajstić information content (AvgIpc) is 2.75. The number of nitrogens with zero attached hydrogens (tertiary/aromatic N) is 1. The van der Waals surface area contributed by atoms with Gasteiger partial charge >= 0.3 is 0 Å². The van der Waals surface area contributed by atoms with E-state index in [1.165, 1.54) is 5.38 Å². The van der Waals surface area contributed by atoms with Crippen LogP contribution >= 0.6 is 11.3 Å². The molecule has 4 atom stereocenters. The van der Waals surface area contributed by atoms with Crippen LogP contribution in [0.4, 0.5) is 0 Å². The third kappa shape index (κ3) is 2.31. The summed E-state index contributed by atoms with van der Waals surface area (Å²) in [4.78, 5) is 14.8. The van der Waals surface area contributed by atoms with E-state index in [9.17, 15) is 20.1 Å². The van der Waals surface area contributed by atoms with Gasteiger partial charge in [0.1, 0.15) is 35.1 Å². The first-order valence-electron chi connectivity index (χ1n) is 4.91. The van der Waals surface area contributed by atoms with E-state index in [4.69, 9.17) is 10.5 Å². The lowest BCUT2D eigenvalue weighted by molar-refractivity contribution is -0.189. The fourth-order valence-electron chi connectivity index (χ4n) is 1.55. The highest BCUT2D eigenvalue weighted by Crippen LogP contribution is 2.30. The van der Waals surface area contributed by atoms with Gasteiger partial charge in [0.15, 0.2) is 0 Å². The van der Waals surface area contributed by atoms with Crippen LogP contribution in [0, 0.1) is 0 Å². The number of rotatable bonds is 2. The van der Waals surface area contributed by atoms with Gasteiger partial charge in [0.05, 0.1) is 6.61 Å². The zero-order chi connectivity index (χ0) is 12.6. The van der Waals surface area contributed by atoms with Crippen molar-refractivity contribution in [3.63, 3.8) is 0 Å². The molecule has 5 N–H and O–H groups in total. The second-order valence-electron chi connectivity index (χ2n) is 3.74. The second kappa shape index (κ2) is 4.67. The van der Waals surface area contributed by atoms with Crippen molar-refractivity contribution in [1.29, 1.82) is 0 Å². The number of aliphatic hydroxyl groups excluding tert-OH is 3. The van der Waals surface area contributed by atoms with Crippen LogP contribution in [0.25, 0.3) is 0 Å². The summed E-state index contributed by atoms with van der Waals surface area (Å²) in [6.07, 6.45) is -4.57. The van der Waals surface area contributed by atoms with Gasteiger partial charge in [-0.25, -0.2) is 4.98 Å². The van der Waals surface area contributed by atoms with E-state index in [0.717, 1.165) is 11.3 Å². The van der Waals surface area contributed by atoms with Crippen LogP contribution in [-0.2, 0) is 4.74 Å². The Morgan fingerprint density at radius 3 is 2.76 bits per heavy atom. The molecule has 0 bridgehead atoms. The first-order chi connectivity index (χ1) is 8.00. The van der Waals surface area contributed by atoms with E-state index in [1.54, 1.807) is 0 Å². The highest BCUT2D eigenvalue weighted by atomic mass is 32.1. The van der Waals surface area contributed by atoms with Crippen molar-refractivity contribution < 1.29 is 24.9 Å². The van der Waals surface area contributed by atoms with Gasteiger partial charge in [-0.1, -0.05) is 0 Å². The van der Waals surface area contributed by atoms with Gasteiger partial charge in [-0.3, -0.25) is 4.79 Å². The lowest BCUT2D eigenvalue weighted by Gasteiger charge is -2.34.